The lowest BCUT2D eigenvalue weighted by Gasteiger charge is -2.05. The molecule has 0 saturated heterocycles. The van der Waals surface area contributed by atoms with Crippen molar-refractivity contribution >= 4 is 5.82 Å². The number of anilines is 1. The lowest BCUT2D eigenvalue weighted by Crippen LogP contribution is -2.05. The van der Waals surface area contributed by atoms with Crippen molar-refractivity contribution in [2.75, 3.05) is 12.8 Å². The van der Waals surface area contributed by atoms with Crippen molar-refractivity contribution in [1.82, 2.24) is 14.8 Å². The van der Waals surface area contributed by atoms with Crippen LogP contribution in [0.1, 0.15) is 5.56 Å². The topological polar surface area (TPSA) is 66.0 Å². The van der Waals surface area contributed by atoms with Crippen LogP contribution in [0.25, 0.3) is 0 Å². The van der Waals surface area contributed by atoms with Crippen molar-refractivity contribution in [3.8, 4) is 5.75 Å². The predicted molar refractivity (Wildman–Crippen MR) is 56.5 cm³/mol. The highest BCUT2D eigenvalue weighted by molar-refractivity contribution is 5.29. The number of rotatable bonds is 3. The van der Waals surface area contributed by atoms with Gasteiger partial charge in [-0.2, -0.15) is 5.10 Å². The Morgan fingerprint density at radius 2 is 2.33 bits per heavy atom. The molecule has 0 amide bonds. The summed E-state index contributed by atoms with van der Waals surface area (Å²) in [4.78, 5) is 4.06. The van der Waals surface area contributed by atoms with Gasteiger partial charge in [-0.15, -0.1) is 0 Å². The van der Waals surface area contributed by atoms with E-state index in [1.807, 2.05) is 6.07 Å². The molecule has 0 bridgehead atoms. The van der Waals surface area contributed by atoms with Gasteiger partial charge in [-0.3, -0.25) is 4.98 Å². The number of nitrogen functional groups attached to an aromatic ring is 1. The van der Waals surface area contributed by atoms with Gasteiger partial charge in [0.2, 0.25) is 0 Å². The lowest BCUT2D eigenvalue weighted by atomic mass is 10.3. The Kier molecular flexibility index (Phi) is 2.53. The summed E-state index contributed by atoms with van der Waals surface area (Å²) in [5.74, 6) is 1.37. The number of nitrogens with two attached hydrogens (primary N) is 1. The lowest BCUT2D eigenvalue weighted by molar-refractivity contribution is 0.412. The molecule has 0 aliphatic heterocycles. The van der Waals surface area contributed by atoms with Gasteiger partial charge in [0.1, 0.15) is 11.6 Å². The fourth-order valence-electron chi connectivity index (χ4n) is 1.31. The molecule has 5 heteroatoms. The summed E-state index contributed by atoms with van der Waals surface area (Å²) in [6.07, 6.45) is 5.10. The number of ether oxygens (including phenoxy) is 1. The van der Waals surface area contributed by atoms with Gasteiger partial charge in [-0.25, -0.2) is 4.68 Å². The largest absolute Gasteiger partial charge is 0.495 e. The third-order valence-electron chi connectivity index (χ3n) is 2.09. The van der Waals surface area contributed by atoms with E-state index in [1.54, 1.807) is 36.4 Å². The quantitative estimate of drug-likeness (QED) is 0.807. The molecule has 2 N–H and O–H groups in total. The Morgan fingerprint density at radius 1 is 1.47 bits per heavy atom. The maximum Gasteiger partial charge on any atom is 0.137 e. The van der Waals surface area contributed by atoms with Crippen LogP contribution in [0, 0.1) is 0 Å². The van der Waals surface area contributed by atoms with Crippen molar-refractivity contribution in [1.29, 1.82) is 0 Å². The molecule has 0 aliphatic rings. The van der Waals surface area contributed by atoms with Crippen molar-refractivity contribution in [3.63, 3.8) is 0 Å². The van der Waals surface area contributed by atoms with E-state index in [4.69, 9.17) is 10.5 Å². The molecule has 78 valence electrons. The molecule has 0 radical (unpaired) electrons. The molecule has 2 rings (SSSR count). The third-order valence-corrected chi connectivity index (χ3v) is 2.09. The minimum atomic E-state index is 0.600. The molecule has 0 atom stereocenters. The van der Waals surface area contributed by atoms with Crippen LogP contribution in [0.3, 0.4) is 0 Å². The van der Waals surface area contributed by atoms with Crippen molar-refractivity contribution in [2.24, 2.45) is 0 Å². The molecular formula is C10H12N4O. The average Bonchev–Trinajstić information content (AvgIpc) is 2.65. The first kappa shape index (κ1) is 9.51. The highest BCUT2D eigenvalue weighted by Gasteiger charge is 2.01. The molecule has 2 aromatic rings. The van der Waals surface area contributed by atoms with Gasteiger partial charge in [0, 0.05) is 6.20 Å². The highest BCUT2D eigenvalue weighted by atomic mass is 16.5. The van der Waals surface area contributed by atoms with Crippen molar-refractivity contribution in [3.05, 3.63) is 36.3 Å². The van der Waals surface area contributed by atoms with E-state index >= 15 is 0 Å². The third kappa shape index (κ3) is 2.07. The summed E-state index contributed by atoms with van der Waals surface area (Å²) >= 11 is 0. The Hall–Kier alpha value is -2.04. The second kappa shape index (κ2) is 4.00. The number of hydrogen-bond donors (Lipinski definition) is 1. The molecule has 2 aromatic heterocycles. The molecule has 2 heterocycles. The summed E-state index contributed by atoms with van der Waals surface area (Å²) in [5, 5.41) is 4.09. The molecule has 0 aromatic carbocycles. The van der Waals surface area contributed by atoms with Crippen molar-refractivity contribution in [2.45, 2.75) is 6.54 Å². The minimum absolute atomic E-state index is 0.600. The van der Waals surface area contributed by atoms with Gasteiger partial charge < -0.3 is 10.5 Å². The first-order valence-electron chi connectivity index (χ1n) is 4.55. The Bertz CT molecular complexity index is 452. The van der Waals surface area contributed by atoms with E-state index in [1.165, 1.54) is 0 Å². The summed E-state index contributed by atoms with van der Waals surface area (Å²) in [6, 6.07) is 3.67. The fourth-order valence-corrected chi connectivity index (χ4v) is 1.31. The maximum atomic E-state index is 5.71. The first-order chi connectivity index (χ1) is 7.29. The van der Waals surface area contributed by atoms with Gasteiger partial charge in [-0.05, 0) is 17.7 Å². The second-order valence-corrected chi connectivity index (χ2v) is 3.15. The molecule has 15 heavy (non-hydrogen) atoms. The van der Waals surface area contributed by atoms with Crippen LogP contribution in [-0.4, -0.2) is 21.9 Å². The van der Waals surface area contributed by atoms with E-state index in [0.29, 0.717) is 12.4 Å². The Labute approximate surface area is 87.5 Å². The molecule has 0 unspecified atom stereocenters. The fraction of sp³-hybridized carbons (Fsp3) is 0.200. The van der Waals surface area contributed by atoms with E-state index in [-0.39, 0.29) is 0 Å². The number of hydrogen-bond acceptors (Lipinski definition) is 4. The van der Waals surface area contributed by atoms with E-state index in [9.17, 15) is 0 Å². The van der Waals surface area contributed by atoms with Gasteiger partial charge in [0.15, 0.2) is 0 Å². The smallest absolute Gasteiger partial charge is 0.137 e. The molecule has 0 saturated carbocycles. The van der Waals surface area contributed by atoms with Crippen LogP contribution in [0.2, 0.25) is 0 Å². The van der Waals surface area contributed by atoms with E-state index in [2.05, 4.69) is 10.1 Å². The Balaban J connectivity index is 2.21. The molecule has 0 spiro atoms. The van der Waals surface area contributed by atoms with Crippen LogP contribution in [-0.2, 0) is 6.54 Å². The number of methoxy groups -OCH3 is 1. The van der Waals surface area contributed by atoms with Crippen LogP contribution in [0.4, 0.5) is 5.82 Å². The van der Waals surface area contributed by atoms with E-state index < -0.39 is 0 Å². The second-order valence-electron chi connectivity index (χ2n) is 3.15. The van der Waals surface area contributed by atoms with Gasteiger partial charge >= 0.3 is 0 Å². The predicted octanol–water partition coefficient (Wildman–Crippen LogP) is 0.917. The zero-order valence-corrected chi connectivity index (χ0v) is 8.42. The number of aromatic nitrogens is 3. The SMILES string of the molecule is COc1cncc(Cn2nccc2N)c1. The van der Waals surface area contributed by atoms with Crippen LogP contribution in [0.15, 0.2) is 30.7 Å². The monoisotopic (exact) mass is 204 g/mol. The summed E-state index contributed by atoms with van der Waals surface area (Å²) in [7, 11) is 1.61. The van der Waals surface area contributed by atoms with Crippen LogP contribution in [0.5, 0.6) is 5.75 Å². The maximum absolute atomic E-state index is 5.71. The highest BCUT2D eigenvalue weighted by Crippen LogP contribution is 2.12. The van der Waals surface area contributed by atoms with Crippen molar-refractivity contribution < 1.29 is 4.74 Å². The molecule has 5 nitrogen and oxygen atoms in total. The summed E-state index contributed by atoms with van der Waals surface area (Å²) in [5.41, 5.74) is 6.71. The van der Waals surface area contributed by atoms with Gasteiger partial charge in [0.25, 0.3) is 0 Å². The summed E-state index contributed by atoms with van der Waals surface area (Å²) in [6.45, 7) is 0.600. The van der Waals surface area contributed by atoms with Crippen LogP contribution >= 0.6 is 0 Å². The normalized spacial score (nSPS) is 10.2. The minimum Gasteiger partial charge on any atom is -0.495 e. The molecule has 0 aliphatic carbocycles. The number of pyridine rings is 1. The first-order valence-corrected chi connectivity index (χ1v) is 4.55. The number of nitrogens with zero attached hydrogens (tertiary/aromatic N) is 3. The standard InChI is InChI=1S/C10H12N4O/c1-15-9-4-8(5-12-6-9)7-14-10(11)2-3-13-14/h2-6H,7,11H2,1H3. The van der Waals surface area contributed by atoms with E-state index in [0.717, 1.165) is 11.3 Å². The van der Waals surface area contributed by atoms with Gasteiger partial charge in [0.05, 0.1) is 26.0 Å². The zero-order chi connectivity index (χ0) is 10.7. The van der Waals surface area contributed by atoms with Crippen LogP contribution < -0.4 is 10.5 Å². The van der Waals surface area contributed by atoms with Gasteiger partial charge in [-0.1, -0.05) is 0 Å². The summed E-state index contributed by atoms with van der Waals surface area (Å²) < 4.78 is 6.79. The average molecular weight is 204 g/mol. The molecular weight excluding hydrogens is 192 g/mol. The Morgan fingerprint density at radius 3 is 3.00 bits per heavy atom. The molecule has 0 fully saturated rings. The zero-order valence-electron chi connectivity index (χ0n) is 8.42.